The molecule has 0 aromatic rings. The van der Waals surface area contributed by atoms with Crippen LogP contribution in [-0.4, -0.2) is 78.0 Å². The molecule has 1 saturated heterocycles. The third-order valence-electron chi connectivity index (χ3n) is 4.00. The molecule has 0 radical (unpaired) electrons. The van der Waals surface area contributed by atoms with Crippen LogP contribution in [0.15, 0.2) is 0 Å². The molecule has 6 heteroatoms. The zero-order chi connectivity index (χ0) is 15.1. The van der Waals surface area contributed by atoms with Crippen LogP contribution in [0.1, 0.15) is 26.7 Å². The minimum Gasteiger partial charge on any atom is -0.392 e. The molecule has 1 amide bonds. The standard InChI is InChI=1S/C14H28N4OS/c1-4-6-12(14(15)20)18-9-7-17(8-10-18)11-13(19)16(3)5-2/h12H,4-11H2,1-3H3,(H2,15,20). The average Bonchev–Trinajstić information content (AvgIpc) is 2.44. The van der Waals surface area contributed by atoms with Crippen LogP contribution in [-0.2, 0) is 4.79 Å². The van der Waals surface area contributed by atoms with Gasteiger partial charge >= 0.3 is 0 Å². The second-order valence-corrected chi connectivity index (χ2v) is 5.90. The number of likely N-dealkylation sites (N-methyl/N-ethyl adjacent to an activating group) is 1. The number of carbonyl (C=O) groups is 1. The number of nitrogens with zero attached hydrogens (tertiary/aromatic N) is 3. The van der Waals surface area contributed by atoms with Gasteiger partial charge < -0.3 is 10.6 Å². The van der Waals surface area contributed by atoms with Gasteiger partial charge in [-0.1, -0.05) is 25.6 Å². The fraction of sp³-hybridized carbons (Fsp3) is 0.857. The van der Waals surface area contributed by atoms with Crippen molar-refractivity contribution in [2.45, 2.75) is 32.7 Å². The average molecular weight is 300 g/mol. The summed E-state index contributed by atoms with van der Waals surface area (Å²) in [4.78, 5) is 18.8. The molecule has 1 rings (SSSR count). The quantitative estimate of drug-likeness (QED) is 0.696. The first-order valence-corrected chi connectivity index (χ1v) is 7.90. The van der Waals surface area contributed by atoms with E-state index in [0.29, 0.717) is 11.5 Å². The third-order valence-corrected chi connectivity index (χ3v) is 4.27. The largest absolute Gasteiger partial charge is 0.392 e. The minimum absolute atomic E-state index is 0.195. The van der Waals surface area contributed by atoms with Crippen molar-refractivity contribution in [1.29, 1.82) is 0 Å². The molecule has 2 N–H and O–H groups in total. The van der Waals surface area contributed by atoms with Crippen molar-refractivity contribution >= 4 is 23.1 Å². The Kier molecular flexibility index (Phi) is 7.40. The van der Waals surface area contributed by atoms with Gasteiger partial charge in [0.25, 0.3) is 0 Å². The molecule has 0 saturated carbocycles. The van der Waals surface area contributed by atoms with Gasteiger partial charge in [0.1, 0.15) is 0 Å². The van der Waals surface area contributed by atoms with E-state index in [2.05, 4.69) is 16.7 Å². The highest BCUT2D eigenvalue weighted by Crippen LogP contribution is 2.11. The molecule has 0 bridgehead atoms. The summed E-state index contributed by atoms with van der Waals surface area (Å²) in [5.74, 6) is 0.195. The first kappa shape index (κ1) is 17.3. The fourth-order valence-corrected chi connectivity index (χ4v) is 2.77. The Morgan fingerprint density at radius 1 is 1.30 bits per heavy atom. The Balaban J connectivity index is 2.42. The molecule has 1 fully saturated rings. The van der Waals surface area contributed by atoms with Crippen molar-refractivity contribution in [1.82, 2.24) is 14.7 Å². The molecule has 1 atom stereocenters. The van der Waals surface area contributed by atoms with Gasteiger partial charge in [-0.2, -0.15) is 0 Å². The van der Waals surface area contributed by atoms with Crippen LogP contribution >= 0.6 is 12.2 Å². The number of rotatable bonds is 7. The number of piperazine rings is 1. The van der Waals surface area contributed by atoms with Crippen LogP contribution in [0.5, 0.6) is 0 Å². The molecule has 20 heavy (non-hydrogen) atoms. The zero-order valence-electron chi connectivity index (χ0n) is 13.0. The van der Waals surface area contributed by atoms with Crippen molar-refractivity contribution in [3.05, 3.63) is 0 Å². The van der Waals surface area contributed by atoms with Crippen LogP contribution in [0.4, 0.5) is 0 Å². The van der Waals surface area contributed by atoms with E-state index in [4.69, 9.17) is 18.0 Å². The van der Waals surface area contributed by atoms with Crippen molar-refractivity contribution in [3.8, 4) is 0 Å². The maximum absolute atomic E-state index is 11.9. The van der Waals surface area contributed by atoms with Crippen LogP contribution < -0.4 is 5.73 Å². The van der Waals surface area contributed by atoms with Gasteiger partial charge in [-0.25, -0.2) is 0 Å². The fourth-order valence-electron chi connectivity index (χ4n) is 2.50. The molecule has 0 aliphatic carbocycles. The van der Waals surface area contributed by atoms with Crippen LogP contribution in [0.2, 0.25) is 0 Å². The molecule has 116 valence electrons. The lowest BCUT2D eigenvalue weighted by Gasteiger charge is -2.39. The SMILES string of the molecule is CCCC(C(N)=S)N1CCN(CC(=O)N(C)CC)CC1. The van der Waals surface area contributed by atoms with Crippen LogP contribution in [0, 0.1) is 0 Å². The molecular formula is C14H28N4OS. The monoisotopic (exact) mass is 300 g/mol. The number of amides is 1. The maximum Gasteiger partial charge on any atom is 0.236 e. The smallest absolute Gasteiger partial charge is 0.236 e. The van der Waals surface area contributed by atoms with Crippen molar-refractivity contribution < 1.29 is 4.79 Å². The van der Waals surface area contributed by atoms with Crippen molar-refractivity contribution in [2.75, 3.05) is 46.3 Å². The third kappa shape index (κ3) is 5.00. The molecule has 1 aliphatic heterocycles. The van der Waals surface area contributed by atoms with E-state index in [-0.39, 0.29) is 11.9 Å². The summed E-state index contributed by atoms with van der Waals surface area (Å²) in [6, 6.07) is 0.214. The number of carbonyl (C=O) groups excluding carboxylic acids is 1. The summed E-state index contributed by atoms with van der Waals surface area (Å²) in [6.45, 7) is 9.12. The molecular weight excluding hydrogens is 272 g/mol. The summed E-state index contributed by atoms with van der Waals surface area (Å²) < 4.78 is 0. The highest BCUT2D eigenvalue weighted by Gasteiger charge is 2.26. The topological polar surface area (TPSA) is 52.8 Å². The number of hydrogen-bond acceptors (Lipinski definition) is 4. The lowest BCUT2D eigenvalue weighted by molar-refractivity contribution is -0.131. The summed E-state index contributed by atoms with van der Waals surface area (Å²) in [6.07, 6.45) is 2.11. The first-order valence-electron chi connectivity index (χ1n) is 7.49. The molecule has 0 spiro atoms. The van der Waals surface area contributed by atoms with E-state index in [0.717, 1.165) is 45.6 Å². The molecule has 1 heterocycles. The summed E-state index contributed by atoms with van der Waals surface area (Å²) in [5, 5.41) is 0. The Morgan fingerprint density at radius 3 is 2.35 bits per heavy atom. The van der Waals surface area contributed by atoms with Crippen LogP contribution in [0.3, 0.4) is 0 Å². The highest BCUT2D eigenvalue weighted by atomic mass is 32.1. The van der Waals surface area contributed by atoms with Crippen molar-refractivity contribution in [2.24, 2.45) is 5.73 Å². The van der Waals surface area contributed by atoms with E-state index in [1.165, 1.54) is 0 Å². The van der Waals surface area contributed by atoms with Gasteiger partial charge in [0.15, 0.2) is 0 Å². The first-order chi connectivity index (χ1) is 9.49. The predicted molar refractivity (Wildman–Crippen MR) is 86.8 cm³/mol. The lowest BCUT2D eigenvalue weighted by Crippen LogP contribution is -2.55. The predicted octanol–water partition coefficient (Wildman–Crippen LogP) is 0.537. The molecule has 1 unspecified atom stereocenters. The Morgan fingerprint density at radius 2 is 1.90 bits per heavy atom. The van der Waals surface area contributed by atoms with E-state index in [9.17, 15) is 4.79 Å². The maximum atomic E-state index is 11.9. The Hall–Kier alpha value is -0.720. The molecule has 0 aromatic carbocycles. The van der Waals surface area contributed by atoms with Gasteiger partial charge in [-0.05, 0) is 13.3 Å². The van der Waals surface area contributed by atoms with Gasteiger partial charge in [0.2, 0.25) is 5.91 Å². The molecule has 1 aliphatic rings. The normalized spacial score (nSPS) is 18.8. The molecule has 0 aromatic heterocycles. The Labute approximate surface area is 128 Å². The summed E-state index contributed by atoms with van der Waals surface area (Å²) in [5.41, 5.74) is 5.84. The summed E-state index contributed by atoms with van der Waals surface area (Å²) in [7, 11) is 1.85. The Bertz CT molecular complexity index is 329. The van der Waals surface area contributed by atoms with E-state index >= 15 is 0 Å². The highest BCUT2D eigenvalue weighted by molar-refractivity contribution is 7.80. The minimum atomic E-state index is 0.195. The van der Waals surface area contributed by atoms with E-state index in [1.807, 2.05) is 14.0 Å². The van der Waals surface area contributed by atoms with Gasteiger partial charge in [-0.15, -0.1) is 0 Å². The lowest BCUT2D eigenvalue weighted by atomic mass is 10.1. The number of thiocarbonyl (C=S) groups is 1. The van der Waals surface area contributed by atoms with Crippen molar-refractivity contribution in [3.63, 3.8) is 0 Å². The molecule has 5 nitrogen and oxygen atoms in total. The zero-order valence-corrected chi connectivity index (χ0v) is 13.8. The van der Waals surface area contributed by atoms with E-state index in [1.54, 1.807) is 4.90 Å². The van der Waals surface area contributed by atoms with Gasteiger partial charge in [0, 0.05) is 39.8 Å². The second-order valence-electron chi connectivity index (χ2n) is 5.43. The number of nitrogens with two attached hydrogens (primary N) is 1. The van der Waals surface area contributed by atoms with E-state index < -0.39 is 0 Å². The van der Waals surface area contributed by atoms with Gasteiger partial charge in [-0.3, -0.25) is 14.6 Å². The van der Waals surface area contributed by atoms with Crippen LogP contribution in [0.25, 0.3) is 0 Å². The number of hydrogen-bond donors (Lipinski definition) is 1. The second kappa shape index (κ2) is 8.54. The van der Waals surface area contributed by atoms with Gasteiger partial charge in [0.05, 0.1) is 17.6 Å². The summed E-state index contributed by atoms with van der Waals surface area (Å²) >= 11 is 5.17.